The van der Waals surface area contributed by atoms with Crippen molar-refractivity contribution in [3.63, 3.8) is 0 Å². The molecule has 8 heteroatoms. The SMILES string of the molecule is C/C=C\C=C(\C)CF.CO.COc1cc(C(=O)N2CCOCC2)ccc1OCc1ccc(F)cc1. The van der Waals surface area contributed by atoms with Crippen molar-refractivity contribution in [3.05, 3.63) is 83.2 Å². The number of carbonyl (C=O) groups is 1. The smallest absolute Gasteiger partial charge is 0.254 e. The maximum atomic E-state index is 12.9. The highest BCUT2D eigenvalue weighted by Gasteiger charge is 2.20. The summed E-state index contributed by atoms with van der Waals surface area (Å²) in [5.74, 6) is 0.686. The van der Waals surface area contributed by atoms with Crippen LogP contribution in [0.15, 0.2) is 66.3 Å². The van der Waals surface area contributed by atoms with Crippen molar-refractivity contribution in [2.24, 2.45) is 0 Å². The molecule has 1 aliphatic rings. The number of hydrogen-bond donors (Lipinski definition) is 1. The van der Waals surface area contributed by atoms with Crippen LogP contribution in [-0.2, 0) is 11.3 Å². The maximum Gasteiger partial charge on any atom is 0.254 e. The Hall–Kier alpha value is -3.23. The van der Waals surface area contributed by atoms with Crippen LogP contribution in [0.25, 0.3) is 0 Å². The molecule has 0 radical (unpaired) electrons. The Morgan fingerprint density at radius 3 is 2.34 bits per heavy atom. The molecule has 0 bridgehead atoms. The summed E-state index contributed by atoms with van der Waals surface area (Å²) in [5, 5.41) is 7.00. The lowest BCUT2D eigenvalue weighted by atomic mass is 10.1. The summed E-state index contributed by atoms with van der Waals surface area (Å²) < 4.78 is 40.9. The normalized spacial score (nSPS) is 13.3. The van der Waals surface area contributed by atoms with Gasteiger partial charge in [-0.25, -0.2) is 8.78 Å². The maximum absolute atomic E-state index is 12.9. The number of amides is 1. The highest BCUT2D eigenvalue weighted by Crippen LogP contribution is 2.29. The summed E-state index contributed by atoms with van der Waals surface area (Å²) in [7, 11) is 2.53. The first-order valence-electron chi connectivity index (χ1n) is 11.2. The third-order valence-electron chi connectivity index (χ3n) is 4.80. The third kappa shape index (κ3) is 10.7. The minimum Gasteiger partial charge on any atom is -0.493 e. The quantitative estimate of drug-likeness (QED) is 0.554. The van der Waals surface area contributed by atoms with Gasteiger partial charge in [-0.2, -0.15) is 0 Å². The molecule has 6 nitrogen and oxygen atoms in total. The van der Waals surface area contributed by atoms with Crippen molar-refractivity contribution in [1.29, 1.82) is 0 Å². The molecule has 1 saturated heterocycles. The fraction of sp³-hybridized carbons (Fsp3) is 0.370. The van der Waals surface area contributed by atoms with E-state index in [1.165, 1.54) is 19.2 Å². The predicted molar refractivity (Wildman–Crippen MR) is 133 cm³/mol. The van der Waals surface area contributed by atoms with E-state index in [2.05, 4.69) is 0 Å². The number of aliphatic hydroxyl groups is 1. The van der Waals surface area contributed by atoms with Crippen molar-refractivity contribution in [2.75, 3.05) is 47.2 Å². The van der Waals surface area contributed by atoms with Crippen molar-refractivity contribution in [1.82, 2.24) is 4.90 Å². The number of rotatable bonds is 7. The van der Waals surface area contributed by atoms with Crippen LogP contribution in [0.1, 0.15) is 29.8 Å². The molecule has 1 N–H and O–H groups in total. The number of benzene rings is 2. The van der Waals surface area contributed by atoms with Gasteiger partial charge in [0.15, 0.2) is 11.5 Å². The largest absolute Gasteiger partial charge is 0.493 e. The van der Waals surface area contributed by atoms with Crippen LogP contribution < -0.4 is 9.47 Å². The summed E-state index contributed by atoms with van der Waals surface area (Å²) in [6.07, 6.45) is 5.47. The van der Waals surface area contributed by atoms with Crippen molar-refractivity contribution >= 4 is 5.91 Å². The Morgan fingerprint density at radius 2 is 1.77 bits per heavy atom. The fourth-order valence-corrected chi connectivity index (χ4v) is 2.92. The van der Waals surface area contributed by atoms with Crippen LogP contribution in [0.3, 0.4) is 0 Å². The van der Waals surface area contributed by atoms with Gasteiger partial charge in [-0.15, -0.1) is 0 Å². The van der Waals surface area contributed by atoms with Crippen LogP contribution >= 0.6 is 0 Å². The number of carbonyl (C=O) groups excluding carboxylic acids is 1. The zero-order valence-corrected chi connectivity index (χ0v) is 20.8. The van der Waals surface area contributed by atoms with E-state index in [1.54, 1.807) is 48.2 Å². The zero-order chi connectivity index (χ0) is 26.1. The second-order valence-electron chi connectivity index (χ2n) is 7.36. The van der Waals surface area contributed by atoms with E-state index >= 15 is 0 Å². The van der Waals surface area contributed by atoms with Gasteiger partial charge in [-0.1, -0.05) is 30.4 Å². The van der Waals surface area contributed by atoms with Gasteiger partial charge in [-0.05, 0) is 55.3 Å². The molecule has 3 rings (SSSR count). The van der Waals surface area contributed by atoms with Crippen molar-refractivity contribution in [2.45, 2.75) is 20.5 Å². The average molecular weight is 492 g/mol. The average Bonchev–Trinajstić information content (AvgIpc) is 2.92. The number of nitrogens with zero attached hydrogens (tertiary/aromatic N) is 1. The summed E-state index contributed by atoms with van der Waals surface area (Å²) in [4.78, 5) is 14.3. The number of allylic oxidation sites excluding steroid dienone is 4. The first kappa shape index (κ1) is 29.8. The number of ether oxygens (including phenoxy) is 3. The van der Waals surface area contributed by atoms with E-state index in [9.17, 15) is 13.6 Å². The van der Waals surface area contributed by atoms with E-state index in [0.29, 0.717) is 43.4 Å². The lowest BCUT2D eigenvalue weighted by Crippen LogP contribution is -2.40. The van der Waals surface area contributed by atoms with Crippen LogP contribution in [0.5, 0.6) is 11.5 Å². The Balaban J connectivity index is 0.000000523. The van der Waals surface area contributed by atoms with E-state index in [-0.39, 0.29) is 25.0 Å². The molecule has 2 aromatic carbocycles. The van der Waals surface area contributed by atoms with Gasteiger partial charge in [0, 0.05) is 25.8 Å². The predicted octanol–water partition coefficient (Wildman–Crippen LogP) is 4.97. The van der Waals surface area contributed by atoms with Gasteiger partial charge < -0.3 is 24.2 Å². The molecule has 192 valence electrons. The molecule has 0 aromatic heterocycles. The van der Waals surface area contributed by atoms with Crippen molar-refractivity contribution in [3.8, 4) is 11.5 Å². The summed E-state index contributed by atoms with van der Waals surface area (Å²) in [6.45, 7) is 5.90. The summed E-state index contributed by atoms with van der Waals surface area (Å²) in [5.41, 5.74) is 2.16. The topological polar surface area (TPSA) is 68.2 Å². The molecule has 1 aliphatic heterocycles. The molecule has 0 unspecified atom stereocenters. The molecule has 1 fully saturated rings. The number of alkyl halides is 1. The first-order chi connectivity index (χ1) is 17.0. The number of hydrogen-bond acceptors (Lipinski definition) is 5. The number of halogens is 2. The first-order valence-corrected chi connectivity index (χ1v) is 11.2. The lowest BCUT2D eigenvalue weighted by Gasteiger charge is -2.27. The second kappa shape index (κ2) is 17.2. The highest BCUT2D eigenvalue weighted by molar-refractivity contribution is 5.95. The molecule has 1 heterocycles. The highest BCUT2D eigenvalue weighted by atomic mass is 19.1. The molecule has 0 spiro atoms. The van der Waals surface area contributed by atoms with E-state index in [0.717, 1.165) is 18.2 Å². The third-order valence-corrected chi connectivity index (χ3v) is 4.80. The van der Waals surface area contributed by atoms with Gasteiger partial charge in [0.05, 0.1) is 20.3 Å². The second-order valence-corrected chi connectivity index (χ2v) is 7.36. The van der Waals surface area contributed by atoms with Gasteiger partial charge in [0.1, 0.15) is 19.1 Å². The molecule has 35 heavy (non-hydrogen) atoms. The number of methoxy groups -OCH3 is 1. The Bertz CT molecular complexity index is 939. The van der Waals surface area contributed by atoms with Gasteiger partial charge in [0.25, 0.3) is 5.91 Å². The molecular formula is C27H35F2NO5. The Morgan fingerprint density at radius 1 is 1.11 bits per heavy atom. The standard InChI is InChI=1S/C19H20FNO4.C7H11F.CH4O/c1-23-18-12-15(19(22)21-8-10-24-11-9-21)4-7-17(18)25-13-14-2-5-16(20)6-3-14;1-3-4-5-7(2)6-8;1-2/h2-7,12H,8-11,13H2,1H3;3-5H,6H2,1-2H3;2H,1H3/b;4-3-,7-5-;. The van der Waals surface area contributed by atoms with Crippen LogP contribution in [0.4, 0.5) is 8.78 Å². The van der Waals surface area contributed by atoms with Gasteiger partial charge in [-0.3, -0.25) is 4.79 Å². The van der Waals surface area contributed by atoms with Crippen LogP contribution in [-0.4, -0.2) is 63.1 Å². The number of aliphatic hydroxyl groups excluding tert-OH is 1. The molecule has 0 aliphatic carbocycles. The molecule has 1 amide bonds. The molecular weight excluding hydrogens is 456 g/mol. The number of morpholine rings is 1. The van der Waals surface area contributed by atoms with E-state index < -0.39 is 0 Å². The zero-order valence-electron chi connectivity index (χ0n) is 20.8. The Labute approximate surface area is 206 Å². The van der Waals surface area contributed by atoms with E-state index in [4.69, 9.17) is 19.3 Å². The van der Waals surface area contributed by atoms with Crippen LogP contribution in [0.2, 0.25) is 0 Å². The monoisotopic (exact) mass is 491 g/mol. The van der Waals surface area contributed by atoms with Gasteiger partial charge >= 0.3 is 0 Å². The van der Waals surface area contributed by atoms with Crippen molar-refractivity contribution < 1.29 is 32.9 Å². The summed E-state index contributed by atoms with van der Waals surface area (Å²) in [6, 6.07) is 11.2. The minimum atomic E-state index is -0.343. The fourth-order valence-electron chi connectivity index (χ4n) is 2.92. The molecule has 2 aromatic rings. The van der Waals surface area contributed by atoms with Crippen LogP contribution in [0, 0.1) is 5.82 Å². The molecule has 0 atom stereocenters. The van der Waals surface area contributed by atoms with E-state index in [1.807, 2.05) is 19.1 Å². The minimum absolute atomic E-state index is 0.0494. The Kier molecular flexibility index (Phi) is 14.7. The lowest BCUT2D eigenvalue weighted by molar-refractivity contribution is 0.0302. The molecule has 0 saturated carbocycles. The van der Waals surface area contributed by atoms with Gasteiger partial charge in [0.2, 0.25) is 0 Å². The summed E-state index contributed by atoms with van der Waals surface area (Å²) >= 11 is 0.